The Kier molecular flexibility index (Phi) is 11.5. The minimum atomic E-state index is -2.37. The van der Waals surface area contributed by atoms with E-state index >= 15 is 0 Å². The third-order valence-electron chi connectivity index (χ3n) is 8.56. The summed E-state index contributed by atoms with van der Waals surface area (Å²) >= 11 is -2.37. The van der Waals surface area contributed by atoms with Crippen LogP contribution in [0.4, 0.5) is 0 Å². The van der Waals surface area contributed by atoms with Crippen molar-refractivity contribution in [2.24, 2.45) is 0 Å². The van der Waals surface area contributed by atoms with Gasteiger partial charge in [0.15, 0.2) is 0 Å². The van der Waals surface area contributed by atoms with Gasteiger partial charge in [-0.25, -0.2) is 0 Å². The molecular formula is C38H46Cl2Zr. The zero-order chi connectivity index (χ0) is 27.8. The standard InChI is InChI=1S/C21H25.C12H16.C5H5.2ClH.Zr/c1-20(2,3)16-9-7-14-11-15-8-10-17(21(4,5)6)13-19(15)18(14)12-16;1-2-3-4-6-9-12-10-7-5-8-11-12;1-2-4-5-3-1;;;/h7,9-10,12-13H,11H2,1-6H3;5,7-8,10-11H,2-4,9H2,1H3;1-3H,4H2;2*1H;/q;;;;;+2/p-2. The SMILES string of the molecule is CCCC/[C](Cc1ccccc1)=[Zr+2](\[C]1=CC=CC1)[c]1cc(C(C)(C)C)cc2c1Cc1ccc(C(C)(C)C)cc1-2.[Cl-].[Cl-]. The van der Waals surface area contributed by atoms with Crippen LogP contribution in [0.15, 0.2) is 82.2 Å². The maximum Gasteiger partial charge on any atom is -1.00 e. The molecular weight excluding hydrogens is 619 g/mol. The number of allylic oxidation sites excluding steroid dienone is 4. The first-order valence-corrected chi connectivity index (χ1v) is 18.7. The molecule has 5 rings (SSSR count). The van der Waals surface area contributed by atoms with Crippen LogP contribution in [-0.2, 0) is 44.9 Å². The molecule has 0 amide bonds. The molecule has 0 saturated heterocycles. The molecule has 216 valence electrons. The molecule has 0 aromatic heterocycles. The van der Waals surface area contributed by atoms with Crippen molar-refractivity contribution in [3.05, 3.63) is 110 Å². The van der Waals surface area contributed by atoms with Crippen LogP contribution >= 0.6 is 0 Å². The first-order valence-electron chi connectivity index (χ1n) is 15.0. The van der Waals surface area contributed by atoms with Gasteiger partial charge in [0.05, 0.1) is 0 Å². The van der Waals surface area contributed by atoms with E-state index in [9.17, 15) is 0 Å². The molecule has 3 heteroatoms. The van der Waals surface area contributed by atoms with Gasteiger partial charge in [0.2, 0.25) is 0 Å². The molecule has 41 heavy (non-hydrogen) atoms. The Morgan fingerprint density at radius 3 is 2.10 bits per heavy atom. The first kappa shape index (κ1) is 34.0. The predicted molar refractivity (Wildman–Crippen MR) is 168 cm³/mol. The van der Waals surface area contributed by atoms with Crippen LogP contribution in [0.2, 0.25) is 0 Å². The molecule has 0 aliphatic heterocycles. The summed E-state index contributed by atoms with van der Waals surface area (Å²) < 4.78 is 5.39. The summed E-state index contributed by atoms with van der Waals surface area (Å²) in [7, 11) is 0. The van der Waals surface area contributed by atoms with Crippen LogP contribution in [0.5, 0.6) is 0 Å². The van der Waals surface area contributed by atoms with Gasteiger partial charge in [-0.05, 0) is 0 Å². The second kappa shape index (κ2) is 13.8. The van der Waals surface area contributed by atoms with Gasteiger partial charge in [-0.3, -0.25) is 0 Å². The van der Waals surface area contributed by atoms with Gasteiger partial charge in [0.1, 0.15) is 0 Å². The number of fused-ring (bicyclic) bond motifs is 3. The van der Waals surface area contributed by atoms with Crippen LogP contribution in [0.1, 0.15) is 102 Å². The van der Waals surface area contributed by atoms with Gasteiger partial charge in [-0.1, -0.05) is 0 Å². The number of hydrogen-bond donors (Lipinski definition) is 0. The van der Waals surface area contributed by atoms with Crippen molar-refractivity contribution in [3.63, 3.8) is 0 Å². The summed E-state index contributed by atoms with van der Waals surface area (Å²) in [5, 5.41) is 0. The van der Waals surface area contributed by atoms with E-state index in [0.717, 1.165) is 19.3 Å². The molecule has 3 aromatic carbocycles. The largest absolute Gasteiger partial charge is 1.00 e. The van der Waals surface area contributed by atoms with Crippen molar-refractivity contribution in [1.82, 2.24) is 0 Å². The third-order valence-corrected chi connectivity index (χ3v) is 16.3. The van der Waals surface area contributed by atoms with E-state index in [1.807, 2.05) is 3.21 Å². The number of halogens is 2. The fraction of sp³-hybridized carbons (Fsp3) is 0.395. The van der Waals surface area contributed by atoms with Crippen LogP contribution in [0.3, 0.4) is 0 Å². The Balaban J connectivity index is 0.00000231. The van der Waals surface area contributed by atoms with E-state index in [4.69, 9.17) is 0 Å². The van der Waals surface area contributed by atoms with E-state index in [-0.39, 0.29) is 35.6 Å². The van der Waals surface area contributed by atoms with Crippen molar-refractivity contribution in [2.45, 2.75) is 97.8 Å². The molecule has 2 aliphatic carbocycles. The summed E-state index contributed by atoms with van der Waals surface area (Å²) in [5.74, 6) is 0. The van der Waals surface area contributed by atoms with Gasteiger partial charge in [-0.2, -0.15) is 0 Å². The summed E-state index contributed by atoms with van der Waals surface area (Å²) in [6.07, 6.45) is 14.4. The summed E-state index contributed by atoms with van der Waals surface area (Å²) in [4.78, 5) is 0. The normalized spacial score (nSPS) is 14.0. The van der Waals surface area contributed by atoms with Gasteiger partial charge in [-0.15, -0.1) is 0 Å². The molecule has 0 unspecified atom stereocenters. The Hall–Kier alpha value is -1.53. The third kappa shape index (κ3) is 7.52. The second-order valence-electron chi connectivity index (χ2n) is 13.7. The molecule has 0 spiro atoms. The van der Waals surface area contributed by atoms with Crippen LogP contribution in [0.25, 0.3) is 11.1 Å². The van der Waals surface area contributed by atoms with E-state index in [2.05, 4.69) is 127 Å². The molecule has 2 aliphatic rings. The molecule has 0 fully saturated rings. The summed E-state index contributed by atoms with van der Waals surface area (Å²) in [5.41, 5.74) is 10.9. The monoisotopic (exact) mass is 662 g/mol. The van der Waals surface area contributed by atoms with Gasteiger partial charge in [0, 0.05) is 0 Å². The average molecular weight is 665 g/mol. The number of hydrogen-bond acceptors (Lipinski definition) is 0. The van der Waals surface area contributed by atoms with Crippen LogP contribution in [-0.4, -0.2) is 3.21 Å². The van der Waals surface area contributed by atoms with Gasteiger partial charge in [0.25, 0.3) is 0 Å². The number of unbranched alkanes of at least 4 members (excludes halogenated alkanes) is 1. The molecule has 0 saturated carbocycles. The Labute approximate surface area is 269 Å². The number of rotatable bonds is 7. The van der Waals surface area contributed by atoms with Crippen molar-refractivity contribution in [2.75, 3.05) is 0 Å². The average Bonchev–Trinajstić information content (AvgIpc) is 3.55. The Morgan fingerprint density at radius 1 is 0.805 bits per heavy atom. The van der Waals surface area contributed by atoms with Crippen molar-refractivity contribution >= 4 is 6.48 Å². The van der Waals surface area contributed by atoms with E-state index in [1.54, 1.807) is 12.1 Å². The molecule has 0 heterocycles. The molecule has 0 bridgehead atoms. The van der Waals surface area contributed by atoms with E-state index < -0.39 is 21.3 Å². The predicted octanol–water partition coefficient (Wildman–Crippen LogP) is 3.55. The summed E-state index contributed by atoms with van der Waals surface area (Å²) in [6.45, 7) is 16.5. The fourth-order valence-electron chi connectivity index (χ4n) is 6.15. The number of benzene rings is 3. The van der Waals surface area contributed by atoms with Gasteiger partial charge >= 0.3 is 247 Å². The van der Waals surface area contributed by atoms with Crippen molar-refractivity contribution in [3.8, 4) is 11.1 Å². The topological polar surface area (TPSA) is 0 Å². The fourth-order valence-corrected chi connectivity index (χ4v) is 14.5. The Morgan fingerprint density at radius 2 is 1.49 bits per heavy atom. The van der Waals surface area contributed by atoms with Crippen molar-refractivity contribution in [1.29, 1.82) is 0 Å². The van der Waals surface area contributed by atoms with E-state index in [1.165, 1.54) is 52.6 Å². The molecule has 3 aromatic rings. The maximum atomic E-state index is 2.68. The van der Waals surface area contributed by atoms with Gasteiger partial charge < -0.3 is 24.8 Å². The minimum absolute atomic E-state index is 0. The second-order valence-corrected chi connectivity index (χ2v) is 20.2. The zero-order valence-corrected chi connectivity index (χ0v) is 30.0. The van der Waals surface area contributed by atoms with E-state index in [0.29, 0.717) is 0 Å². The smallest absolute Gasteiger partial charge is 1.00 e. The minimum Gasteiger partial charge on any atom is -1.00 e. The first-order chi connectivity index (χ1) is 18.6. The summed E-state index contributed by atoms with van der Waals surface area (Å²) in [6, 6.07) is 23.8. The maximum absolute atomic E-state index is 2.68. The molecule has 0 atom stereocenters. The van der Waals surface area contributed by atoms with Crippen LogP contribution < -0.4 is 28.1 Å². The zero-order valence-electron chi connectivity index (χ0n) is 26.0. The Bertz CT molecular complexity index is 1460. The molecule has 0 nitrogen and oxygen atoms in total. The van der Waals surface area contributed by atoms with Crippen LogP contribution in [0, 0.1) is 0 Å². The molecule has 0 radical (unpaired) electrons. The van der Waals surface area contributed by atoms with Crippen molar-refractivity contribution < 1.29 is 46.1 Å². The molecule has 0 N–H and O–H groups in total. The quantitative estimate of drug-likeness (QED) is 0.284.